The predicted molar refractivity (Wildman–Crippen MR) is 119 cm³/mol. The molecule has 5 heteroatoms. The van der Waals surface area contributed by atoms with Crippen molar-refractivity contribution in [1.29, 1.82) is 0 Å². The van der Waals surface area contributed by atoms with E-state index in [1.54, 1.807) is 13.2 Å². The third-order valence-corrected chi connectivity index (χ3v) is 5.58. The fourth-order valence-electron chi connectivity index (χ4n) is 3.96. The zero-order valence-electron chi connectivity index (χ0n) is 18.2. The molecule has 164 valence electrons. The quantitative estimate of drug-likeness (QED) is 0.360. The van der Waals surface area contributed by atoms with Crippen LogP contribution in [-0.2, 0) is 4.79 Å². The molecule has 0 amide bonds. The summed E-state index contributed by atoms with van der Waals surface area (Å²) in [6, 6.07) is 5.86. The lowest BCUT2D eigenvalue weighted by Crippen LogP contribution is -2.27. The molecule has 2 rings (SSSR count). The number of aliphatic hydroxyl groups excluding tert-OH is 1. The van der Waals surface area contributed by atoms with Crippen LogP contribution in [0.4, 0.5) is 0 Å². The maximum atomic E-state index is 11.1. The first kappa shape index (κ1) is 23.7. The van der Waals surface area contributed by atoms with Gasteiger partial charge >= 0.3 is 5.97 Å². The topological polar surface area (TPSA) is 76.0 Å². The molecule has 2 unspecified atom stereocenters. The number of carboxylic acids is 1. The highest BCUT2D eigenvalue weighted by molar-refractivity contribution is 5.80. The Morgan fingerprint density at radius 2 is 2.07 bits per heavy atom. The SMILES string of the molecule is CCCC(c1ccc(OCC)cc1OC)C(O)C[C@H]1CC/C1=C/C=C/C=C\C(=O)O. The number of methoxy groups -OCH3 is 1. The molecular weight excluding hydrogens is 380 g/mol. The lowest BCUT2D eigenvalue weighted by molar-refractivity contribution is -0.131. The van der Waals surface area contributed by atoms with Crippen molar-refractivity contribution in [2.45, 2.75) is 58.0 Å². The van der Waals surface area contributed by atoms with E-state index in [1.165, 1.54) is 11.6 Å². The van der Waals surface area contributed by atoms with Crippen molar-refractivity contribution in [2.75, 3.05) is 13.7 Å². The summed E-state index contributed by atoms with van der Waals surface area (Å²) in [5.74, 6) is 0.952. The van der Waals surface area contributed by atoms with Gasteiger partial charge in [0, 0.05) is 23.6 Å². The number of hydrogen-bond donors (Lipinski definition) is 2. The second-order valence-electron chi connectivity index (χ2n) is 7.59. The first-order valence-corrected chi connectivity index (χ1v) is 10.8. The van der Waals surface area contributed by atoms with Gasteiger partial charge in [0.2, 0.25) is 0 Å². The molecule has 5 nitrogen and oxygen atoms in total. The standard InChI is InChI=1S/C25H34O5/c1-4-9-21(22-15-14-20(30-5-2)17-24(22)29-3)23(26)16-19-13-12-18(19)10-7-6-8-11-25(27)28/h6-8,10-11,14-15,17,19,21,23,26H,4-5,9,12-13,16H2,1-3H3,(H,27,28)/b7-6+,11-8-,18-10-/t19-,21?,23?/m1/s1. The van der Waals surface area contributed by atoms with E-state index < -0.39 is 12.1 Å². The van der Waals surface area contributed by atoms with Crippen LogP contribution in [0.25, 0.3) is 0 Å². The summed E-state index contributed by atoms with van der Waals surface area (Å²) < 4.78 is 11.2. The monoisotopic (exact) mass is 414 g/mol. The fraction of sp³-hybridized carbons (Fsp3) is 0.480. The minimum Gasteiger partial charge on any atom is -0.496 e. The summed E-state index contributed by atoms with van der Waals surface area (Å²) >= 11 is 0. The van der Waals surface area contributed by atoms with E-state index >= 15 is 0 Å². The number of benzene rings is 1. The van der Waals surface area contributed by atoms with E-state index in [2.05, 4.69) is 6.92 Å². The van der Waals surface area contributed by atoms with Crippen LogP contribution in [-0.4, -0.2) is 36.0 Å². The molecule has 1 aromatic rings. The van der Waals surface area contributed by atoms with E-state index in [9.17, 15) is 9.90 Å². The van der Waals surface area contributed by atoms with Crippen molar-refractivity contribution < 1.29 is 24.5 Å². The molecule has 0 radical (unpaired) electrons. The maximum Gasteiger partial charge on any atom is 0.328 e. The Morgan fingerprint density at radius 3 is 2.67 bits per heavy atom. The Kier molecular flexibility index (Phi) is 9.68. The van der Waals surface area contributed by atoms with Gasteiger partial charge in [0.05, 0.1) is 19.8 Å². The molecule has 1 aliphatic rings. The van der Waals surface area contributed by atoms with Crippen LogP contribution in [0, 0.1) is 5.92 Å². The van der Waals surface area contributed by atoms with Gasteiger partial charge in [0.25, 0.3) is 0 Å². The van der Waals surface area contributed by atoms with Gasteiger partial charge in [-0.1, -0.05) is 49.3 Å². The number of hydrogen-bond acceptors (Lipinski definition) is 4. The van der Waals surface area contributed by atoms with Crippen molar-refractivity contribution in [3.05, 3.63) is 59.7 Å². The van der Waals surface area contributed by atoms with Crippen LogP contribution in [0.2, 0.25) is 0 Å². The van der Waals surface area contributed by atoms with Gasteiger partial charge in [-0.2, -0.15) is 0 Å². The first-order valence-electron chi connectivity index (χ1n) is 10.8. The number of ether oxygens (including phenoxy) is 2. The van der Waals surface area contributed by atoms with Gasteiger partial charge in [0.1, 0.15) is 11.5 Å². The van der Waals surface area contributed by atoms with Gasteiger partial charge < -0.3 is 19.7 Å². The normalized spacial score (nSPS) is 19.7. The molecule has 0 heterocycles. The van der Waals surface area contributed by atoms with E-state index in [4.69, 9.17) is 14.6 Å². The predicted octanol–water partition coefficient (Wildman–Crippen LogP) is 5.26. The summed E-state index contributed by atoms with van der Waals surface area (Å²) in [5.41, 5.74) is 2.33. The van der Waals surface area contributed by atoms with E-state index in [0.29, 0.717) is 18.9 Å². The second kappa shape index (κ2) is 12.2. The number of aliphatic carboxylic acids is 1. The molecule has 1 saturated carbocycles. The molecular formula is C25H34O5. The number of allylic oxidation sites excluding steroid dienone is 5. The highest BCUT2D eigenvalue weighted by Crippen LogP contribution is 2.42. The largest absolute Gasteiger partial charge is 0.496 e. The average molecular weight is 415 g/mol. The summed E-state index contributed by atoms with van der Waals surface area (Å²) in [7, 11) is 1.65. The highest BCUT2D eigenvalue weighted by atomic mass is 16.5. The molecule has 0 aliphatic heterocycles. The van der Waals surface area contributed by atoms with E-state index in [0.717, 1.165) is 48.8 Å². The summed E-state index contributed by atoms with van der Waals surface area (Å²) in [4.78, 5) is 10.5. The number of carboxylic acid groups (broad SMARTS) is 1. The molecule has 1 aromatic carbocycles. The maximum absolute atomic E-state index is 11.1. The fourth-order valence-corrected chi connectivity index (χ4v) is 3.96. The molecule has 0 aromatic heterocycles. The second-order valence-corrected chi connectivity index (χ2v) is 7.59. The Labute approximate surface area is 179 Å². The smallest absolute Gasteiger partial charge is 0.328 e. The molecule has 30 heavy (non-hydrogen) atoms. The van der Waals surface area contributed by atoms with Crippen molar-refractivity contribution in [2.24, 2.45) is 5.92 Å². The lowest BCUT2D eigenvalue weighted by atomic mass is 9.73. The van der Waals surface area contributed by atoms with Crippen LogP contribution in [0.5, 0.6) is 11.5 Å². The van der Waals surface area contributed by atoms with Gasteiger partial charge in [-0.3, -0.25) is 0 Å². The Bertz CT molecular complexity index is 778. The molecule has 3 atom stereocenters. The Morgan fingerprint density at radius 1 is 1.27 bits per heavy atom. The van der Waals surface area contributed by atoms with Crippen molar-refractivity contribution in [3.63, 3.8) is 0 Å². The highest BCUT2D eigenvalue weighted by Gasteiger charge is 2.31. The van der Waals surface area contributed by atoms with Crippen molar-refractivity contribution in [1.82, 2.24) is 0 Å². The van der Waals surface area contributed by atoms with Crippen LogP contribution < -0.4 is 9.47 Å². The third-order valence-electron chi connectivity index (χ3n) is 5.58. The van der Waals surface area contributed by atoms with Crippen molar-refractivity contribution >= 4 is 5.97 Å². The van der Waals surface area contributed by atoms with Gasteiger partial charge in [0.15, 0.2) is 0 Å². The molecule has 0 spiro atoms. The van der Waals surface area contributed by atoms with Crippen LogP contribution in [0.15, 0.2) is 54.2 Å². The number of carbonyl (C=O) groups is 1. The first-order chi connectivity index (χ1) is 14.5. The van der Waals surface area contributed by atoms with Crippen LogP contribution in [0.3, 0.4) is 0 Å². The van der Waals surface area contributed by atoms with Crippen molar-refractivity contribution in [3.8, 4) is 11.5 Å². The van der Waals surface area contributed by atoms with Crippen LogP contribution >= 0.6 is 0 Å². The van der Waals surface area contributed by atoms with Gasteiger partial charge in [-0.05, 0) is 44.6 Å². The molecule has 1 aliphatic carbocycles. The molecule has 2 N–H and O–H groups in total. The van der Waals surface area contributed by atoms with Crippen LogP contribution in [0.1, 0.15) is 57.4 Å². The zero-order chi connectivity index (χ0) is 21.9. The van der Waals surface area contributed by atoms with Gasteiger partial charge in [-0.25, -0.2) is 4.79 Å². The Hall–Kier alpha value is -2.53. The third kappa shape index (κ3) is 6.77. The lowest BCUT2D eigenvalue weighted by Gasteiger charge is -2.34. The minimum absolute atomic E-state index is 0.0107. The number of aliphatic hydroxyl groups is 1. The van der Waals surface area contributed by atoms with Gasteiger partial charge in [-0.15, -0.1) is 0 Å². The van der Waals surface area contributed by atoms with E-state index in [1.807, 2.05) is 37.3 Å². The average Bonchev–Trinajstić information content (AvgIpc) is 2.71. The summed E-state index contributed by atoms with van der Waals surface area (Å²) in [6.45, 7) is 4.68. The molecule has 0 bridgehead atoms. The molecule has 1 fully saturated rings. The summed E-state index contributed by atoms with van der Waals surface area (Å²) in [5, 5.41) is 19.7. The van der Waals surface area contributed by atoms with E-state index in [-0.39, 0.29) is 5.92 Å². The summed E-state index contributed by atoms with van der Waals surface area (Å²) in [6.07, 6.45) is 12.5. The molecule has 0 saturated heterocycles. The minimum atomic E-state index is -0.955. The number of rotatable bonds is 12. The zero-order valence-corrected chi connectivity index (χ0v) is 18.2. The Balaban J connectivity index is 2.09.